The van der Waals surface area contributed by atoms with Crippen molar-refractivity contribution in [2.75, 3.05) is 6.61 Å². The molecule has 0 aromatic heterocycles. The summed E-state index contributed by atoms with van der Waals surface area (Å²) in [4.78, 5) is 24.4. The van der Waals surface area contributed by atoms with E-state index in [4.69, 9.17) is 4.74 Å². The summed E-state index contributed by atoms with van der Waals surface area (Å²) in [5.41, 5.74) is 0. The normalized spacial score (nSPS) is 35.5. The molecular formula is C11H17NO5. The molecule has 2 N–H and O–H groups in total. The summed E-state index contributed by atoms with van der Waals surface area (Å²) in [6.45, 7) is 2.24. The molecule has 0 spiro atoms. The first-order valence-electron chi connectivity index (χ1n) is 5.94. The number of nitrogens with zero attached hydrogens (tertiary/aromatic N) is 1. The molecule has 1 heterocycles. The number of hydrogen-bond acceptors (Lipinski definition) is 5. The van der Waals surface area contributed by atoms with Crippen LogP contribution in [0.2, 0.25) is 0 Å². The average Bonchev–Trinajstić information content (AvgIpc) is 2.77. The van der Waals surface area contributed by atoms with Gasteiger partial charge in [0.25, 0.3) is 0 Å². The van der Waals surface area contributed by atoms with Crippen LogP contribution in [0, 0.1) is 5.92 Å². The topological polar surface area (TPSA) is 87.1 Å². The monoisotopic (exact) mass is 243 g/mol. The van der Waals surface area contributed by atoms with Crippen LogP contribution in [0.4, 0.5) is 4.79 Å². The third kappa shape index (κ3) is 1.91. The molecule has 1 aliphatic heterocycles. The van der Waals surface area contributed by atoms with Crippen LogP contribution >= 0.6 is 0 Å². The second-order valence-electron chi connectivity index (χ2n) is 4.57. The lowest BCUT2D eigenvalue weighted by Gasteiger charge is -2.30. The Morgan fingerprint density at radius 3 is 2.76 bits per heavy atom. The number of fused-ring (bicyclic) bond motifs is 2. The molecule has 2 amide bonds. The fourth-order valence-corrected chi connectivity index (χ4v) is 2.45. The van der Waals surface area contributed by atoms with Gasteiger partial charge in [-0.15, -0.1) is 0 Å². The van der Waals surface area contributed by atoms with Crippen LogP contribution in [0.25, 0.3) is 0 Å². The summed E-state index contributed by atoms with van der Waals surface area (Å²) in [6, 6.07) is -0.628. The highest BCUT2D eigenvalue weighted by Gasteiger charge is 2.58. The van der Waals surface area contributed by atoms with Crippen LogP contribution in [0.15, 0.2) is 0 Å². The third-order valence-corrected chi connectivity index (χ3v) is 3.46. The van der Waals surface area contributed by atoms with Crippen molar-refractivity contribution >= 4 is 12.0 Å². The number of amides is 2. The zero-order chi connectivity index (χ0) is 12.6. The SMILES string of the molecule is CCCCOC(=O)N1C(=O)[C@H]2C[C@@H]1[C@H](O)[C@@H]2O. The van der Waals surface area contributed by atoms with E-state index < -0.39 is 36.2 Å². The van der Waals surface area contributed by atoms with Gasteiger partial charge >= 0.3 is 6.09 Å². The molecule has 6 nitrogen and oxygen atoms in total. The van der Waals surface area contributed by atoms with Gasteiger partial charge in [-0.2, -0.15) is 0 Å². The summed E-state index contributed by atoms with van der Waals surface area (Å²) in [6.07, 6.45) is -0.836. The molecular weight excluding hydrogens is 226 g/mol. The van der Waals surface area contributed by atoms with Crippen LogP contribution in [-0.4, -0.2) is 52.0 Å². The lowest BCUT2D eigenvalue weighted by molar-refractivity contribution is -0.143. The molecule has 2 aliphatic rings. The van der Waals surface area contributed by atoms with Gasteiger partial charge < -0.3 is 14.9 Å². The molecule has 2 fully saturated rings. The Labute approximate surface area is 99.2 Å². The Hall–Kier alpha value is -1.14. The van der Waals surface area contributed by atoms with E-state index in [0.717, 1.165) is 17.7 Å². The van der Waals surface area contributed by atoms with E-state index in [1.165, 1.54) is 0 Å². The lowest BCUT2D eigenvalue weighted by atomic mass is 10.0. The molecule has 0 aromatic rings. The fraction of sp³-hybridized carbons (Fsp3) is 0.818. The average molecular weight is 243 g/mol. The lowest BCUT2D eigenvalue weighted by Crippen LogP contribution is -2.53. The maximum absolute atomic E-state index is 11.8. The van der Waals surface area contributed by atoms with Crippen LogP contribution in [0.5, 0.6) is 0 Å². The second kappa shape index (κ2) is 4.62. The first kappa shape index (κ1) is 12.3. The van der Waals surface area contributed by atoms with Gasteiger partial charge in [-0.05, 0) is 12.8 Å². The summed E-state index contributed by atoms with van der Waals surface area (Å²) in [5.74, 6) is -1.09. The summed E-state index contributed by atoms with van der Waals surface area (Å²) >= 11 is 0. The van der Waals surface area contributed by atoms with Crippen molar-refractivity contribution in [3.8, 4) is 0 Å². The molecule has 6 heteroatoms. The minimum atomic E-state index is -1.05. The minimum absolute atomic E-state index is 0.273. The van der Waals surface area contributed by atoms with E-state index in [2.05, 4.69) is 0 Å². The fourth-order valence-electron chi connectivity index (χ4n) is 2.45. The predicted octanol–water partition coefficient (Wildman–Crippen LogP) is -0.124. The summed E-state index contributed by atoms with van der Waals surface area (Å²) in [7, 11) is 0. The number of aliphatic hydroxyl groups is 2. The molecule has 1 saturated heterocycles. The Morgan fingerprint density at radius 2 is 2.18 bits per heavy atom. The van der Waals surface area contributed by atoms with Gasteiger partial charge in [0.1, 0.15) is 6.10 Å². The number of ether oxygens (including phenoxy) is 1. The van der Waals surface area contributed by atoms with E-state index in [9.17, 15) is 19.8 Å². The highest BCUT2D eigenvalue weighted by molar-refractivity contribution is 5.97. The van der Waals surface area contributed by atoms with Crippen LogP contribution in [0.3, 0.4) is 0 Å². The Morgan fingerprint density at radius 1 is 1.47 bits per heavy atom. The number of unbranched alkanes of at least 4 members (excludes halogenated alkanes) is 1. The van der Waals surface area contributed by atoms with Gasteiger partial charge in [-0.1, -0.05) is 13.3 Å². The maximum atomic E-state index is 11.8. The number of aliphatic hydroxyl groups excluding tert-OH is 2. The zero-order valence-electron chi connectivity index (χ0n) is 9.70. The number of imide groups is 1. The number of hydrogen-bond donors (Lipinski definition) is 2. The zero-order valence-corrected chi connectivity index (χ0v) is 9.70. The van der Waals surface area contributed by atoms with Gasteiger partial charge in [0.2, 0.25) is 5.91 Å². The number of rotatable bonds is 3. The van der Waals surface area contributed by atoms with Crippen LogP contribution in [0.1, 0.15) is 26.2 Å². The smallest absolute Gasteiger partial charge is 0.416 e. The van der Waals surface area contributed by atoms with E-state index in [1.807, 2.05) is 6.92 Å². The van der Waals surface area contributed by atoms with Crippen molar-refractivity contribution in [2.24, 2.45) is 5.92 Å². The predicted molar refractivity (Wildman–Crippen MR) is 57.0 cm³/mol. The van der Waals surface area contributed by atoms with Crippen molar-refractivity contribution in [1.29, 1.82) is 0 Å². The van der Waals surface area contributed by atoms with E-state index in [0.29, 0.717) is 6.42 Å². The minimum Gasteiger partial charge on any atom is -0.449 e. The number of carbonyl (C=O) groups excluding carboxylic acids is 2. The van der Waals surface area contributed by atoms with Crippen molar-refractivity contribution in [2.45, 2.75) is 44.4 Å². The summed E-state index contributed by atoms with van der Waals surface area (Å²) in [5, 5.41) is 19.2. The Balaban J connectivity index is 1.98. The standard InChI is InChI=1S/C11H17NO5/c1-2-3-4-17-11(16)12-7-5-6(10(12)15)8(13)9(7)14/h6-9,13-14H,2-5H2,1H3/t6-,7+,8+,9-/m0/s1. The van der Waals surface area contributed by atoms with Gasteiger partial charge in [-0.25, -0.2) is 9.69 Å². The molecule has 2 bridgehead atoms. The van der Waals surface area contributed by atoms with Gasteiger partial charge in [-0.3, -0.25) is 4.79 Å². The third-order valence-electron chi connectivity index (χ3n) is 3.46. The highest BCUT2D eigenvalue weighted by Crippen LogP contribution is 2.39. The summed E-state index contributed by atoms with van der Waals surface area (Å²) < 4.78 is 4.95. The van der Waals surface area contributed by atoms with E-state index in [1.54, 1.807) is 0 Å². The van der Waals surface area contributed by atoms with E-state index >= 15 is 0 Å². The molecule has 2 rings (SSSR count). The van der Waals surface area contributed by atoms with Crippen molar-refractivity contribution in [3.63, 3.8) is 0 Å². The molecule has 0 unspecified atom stereocenters. The van der Waals surface area contributed by atoms with Gasteiger partial charge in [0.05, 0.1) is 24.7 Å². The number of carbonyl (C=O) groups is 2. The van der Waals surface area contributed by atoms with Crippen LogP contribution in [-0.2, 0) is 9.53 Å². The quantitative estimate of drug-likeness (QED) is 0.674. The maximum Gasteiger partial charge on any atom is 0.416 e. The van der Waals surface area contributed by atoms with Gasteiger partial charge in [0.15, 0.2) is 0 Å². The molecule has 96 valence electrons. The first-order chi connectivity index (χ1) is 8.07. The number of piperidine rings is 1. The molecule has 0 aromatic carbocycles. The Bertz CT molecular complexity index is 332. The molecule has 4 atom stereocenters. The molecule has 1 aliphatic carbocycles. The highest BCUT2D eigenvalue weighted by atomic mass is 16.6. The van der Waals surface area contributed by atoms with Crippen molar-refractivity contribution < 1.29 is 24.5 Å². The van der Waals surface area contributed by atoms with Crippen molar-refractivity contribution in [3.05, 3.63) is 0 Å². The molecule has 1 saturated carbocycles. The number of likely N-dealkylation sites (tertiary alicyclic amines) is 1. The molecule has 0 radical (unpaired) electrons. The Kier molecular flexibility index (Phi) is 3.35. The first-order valence-corrected chi connectivity index (χ1v) is 5.94. The largest absolute Gasteiger partial charge is 0.449 e. The van der Waals surface area contributed by atoms with Crippen molar-refractivity contribution in [1.82, 2.24) is 4.90 Å². The van der Waals surface area contributed by atoms with Crippen LogP contribution < -0.4 is 0 Å². The van der Waals surface area contributed by atoms with Gasteiger partial charge in [0, 0.05) is 0 Å². The second-order valence-corrected chi connectivity index (χ2v) is 4.57. The molecule has 17 heavy (non-hydrogen) atoms. The van der Waals surface area contributed by atoms with E-state index in [-0.39, 0.29) is 6.61 Å².